The molecule has 0 saturated carbocycles. The summed E-state index contributed by atoms with van der Waals surface area (Å²) >= 11 is 12.4. The molecule has 40 heavy (non-hydrogen) atoms. The molecule has 0 unspecified atom stereocenters. The van der Waals surface area contributed by atoms with Crippen molar-refractivity contribution in [3.05, 3.63) is 87.4 Å². The molecule has 3 heterocycles. The van der Waals surface area contributed by atoms with Gasteiger partial charge in [-0.25, -0.2) is 14.2 Å². The number of nitrogens with zero attached hydrogens (tertiary/aromatic N) is 1. The van der Waals surface area contributed by atoms with Crippen molar-refractivity contribution < 1.29 is 23.9 Å². The summed E-state index contributed by atoms with van der Waals surface area (Å²) in [6.07, 6.45) is 1.96. The molecular formula is C29H27Cl2FN4O4. The van der Waals surface area contributed by atoms with E-state index in [1.807, 2.05) is 20.8 Å². The van der Waals surface area contributed by atoms with Crippen LogP contribution in [0, 0.1) is 11.2 Å². The van der Waals surface area contributed by atoms with Crippen LogP contribution < -0.4 is 16.0 Å². The number of hydrogen-bond donors (Lipinski definition) is 4. The summed E-state index contributed by atoms with van der Waals surface area (Å²) in [5.74, 6) is -3.77. The first-order valence-corrected chi connectivity index (χ1v) is 13.4. The van der Waals surface area contributed by atoms with Crippen LogP contribution in [-0.2, 0) is 15.0 Å². The molecule has 1 spiro atoms. The molecule has 2 aliphatic heterocycles. The molecule has 4 atom stereocenters. The molecule has 2 aliphatic rings. The number of fused-ring (bicyclic) bond motifs is 2. The fraction of sp³-hybridized carbons (Fsp3) is 0.310. The highest BCUT2D eigenvalue weighted by atomic mass is 35.5. The normalized spacial score (nSPS) is 23.6. The summed E-state index contributed by atoms with van der Waals surface area (Å²) < 4.78 is 15.8. The Bertz CT molecular complexity index is 1530. The van der Waals surface area contributed by atoms with Gasteiger partial charge < -0.3 is 21.1 Å². The number of benzene rings is 2. The lowest BCUT2D eigenvalue weighted by Crippen LogP contribution is -2.49. The number of carbonyl (C=O) groups excluding carboxylic acids is 2. The van der Waals surface area contributed by atoms with Gasteiger partial charge in [0.2, 0.25) is 11.8 Å². The minimum atomic E-state index is -1.43. The van der Waals surface area contributed by atoms with Crippen LogP contribution in [-0.4, -0.2) is 40.0 Å². The van der Waals surface area contributed by atoms with Crippen molar-refractivity contribution >= 4 is 52.4 Å². The van der Waals surface area contributed by atoms with Crippen molar-refractivity contribution in [1.82, 2.24) is 10.3 Å². The third kappa shape index (κ3) is 4.72. The van der Waals surface area contributed by atoms with Crippen LogP contribution in [0.25, 0.3) is 0 Å². The fourth-order valence-electron chi connectivity index (χ4n) is 5.95. The number of carboxylic acids is 1. The zero-order valence-corrected chi connectivity index (χ0v) is 23.4. The third-order valence-electron chi connectivity index (χ3n) is 7.51. The minimum absolute atomic E-state index is 0.0606. The molecule has 3 aromatic rings. The molecule has 1 aromatic heterocycles. The number of amides is 2. The van der Waals surface area contributed by atoms with Crippen molar-refractivity contribution in [3.63, 3.8) is 0 Å². The Kier molecular flexibility index (Phi) is 7.10. The Balaban J connectivity index is 1.69. The number of aromatic carboxylic acids is 1. The number of aromatic nitrogens is 1. The van der Waals surface area contributed by atoms with Crippen LogP contribution in [0.3, 0.4) is 0 Å². The number of halogens is 3. The highest BCUT2D eigenvalue weighted by Crippen LogP contribution is 2.57. The van der Waals surface area contributed by atoms with Crippen molar-refractivity contribution in [2.75, 3.05) is 10.6 Å². The average Bonchev–Trinajstić information content (AvgIpc) is 3.35. The molecule has 208 valence electrons. The van der Waals surface area contributed by atoms with Gasteiger partial charge in [-0.1, -0.05) is 56.1 Å². The molecule has 5 rings (SSSR count). The maximum Gasteiger partial charge on any atom is 0.335 e. The van der Waals surface area contributed by atoms with Gasteiger partial charge in [-0.05, 0) is 53.8 Å². The standard InChI is InChI=1S/C29H27Cl2FN4O4/c1-28(2,3)12-20-29(17-13-33-21(31)11-19(17)35-27(29)40)22(16-5-4-6-18(30)23(16)32)24(36-20)25(37)34-15-9-7-14(8-10-15)26(38)39/h4-11,13,20,22,24,36H,12H2,1-3H3,(H,34,37)(H,35,40)(H,38,39)/t20-,22-,24+,29+/m0/s1. The largest absolute Gasteiger partial charge is 0.478 e. The van der Waals surface area contributed by atoms with E-state index in [1.165, 1.54) is 42.6 Å². The number of pyridine rings is 1. The van der Waals surface area contributed by atoms with E-state index in [-0.39, 0.29) is 26.7 Å². The van der Waals surface area contributed by atoms with E-state index in [1.54, 1.807) is 12.1 Å². The SMILES string of the molecule is CC(C)(C)C[C@@H]1N[C@@H](C(=O)Nc2ccc(C(=O)O)cc2)[C@H](c2cccc(Cl)c2F)[C@]12C(=O)Nc1cc(Cl)ncc12. The van der Waals surface area contributed by atoms with Crippen molar-refractivity contribution in [1.29, 1.82) is 0 Å². The second-order valence-electron chi connectivity index (χ2n) is 11.3. The number of hydrogen-bond acceptors (Lipinski definition) is 5. The summed E-state index contributed by atoms with van der Waals surface area (Å²) in [4.78, 5) is 43.5. The molecule has 2 aromatic carbocycles. The molecule has 0 bridgehead atoms. The van der Waals surface area contributed by atoms with Crippen molar-refractivity contribution in [2.24, 2.45) is 5.41 Å². The van der Waals surface area contributed by atoms with Crippen LogP contribution in [0.4, 0.5) is 15.8 Å². The predicted octanol–water partition coefficient (Wildman–Crippen LogP) is 5.61. The first kappa shape index (κ1) is 28.0. The fourth-order valence-corrected chi connectivity index (χ4v) is 6.29. The monoisotopic (exact) mass is 584 g/mol. The van der Waals surface area contributed by atoms with E-state index in [0.717, 1.165) is 0 Å². The van der Waals surface area contributed by atoms with Gasteiger partial charge >= 0.3 is 5.97 Å². The quantitative estimate of drug-likeness (QED) is 0.289. The lowest BCUT2D eigenvalue weighted by Gasteiger charge is -2.37. The van der Waals surface area contributed by atoms with Gasteiger partial charge in [0, 0.05) is 35.1 Å². The Morgan fingerprint density at radius 2 is 1.85 bits per heavy atom. The molecule has 1 saturated heterocycles. The molecular weight excluding hydrogens is 558 g/mol. The first-order valence-electron chi connectivity index (χ1n) is 12.6. The van der Waals surface area contributed by atoms with Gasteiger partial charge in [-0.3, -0.25) is 9.59 Å². The Morgan fingerprint density at radius 1 is 1.15 bits per heavy atom. The zero-order chi connectivity index (χ0) is 29.0. The molecule has 8 nitrogen and oxygen atoms in total. The highest BCUT2D eigenvalue weighted by Gasteiger charge is 2.66. The van der Waals surface area contributed by atoms with Gasteiger partial charge in [-0.2, -0.15) is 0 Å². The summed E-state index contributed by atoms with van der Waals surface area (Å²) in [5, 5.41) is 18.3. The van der Waals surface area contributed by atoms with Gasteiger partial charge in [0.15, 0.2) is 0 Å². The zero-order valence-electron chi connectivity index (χ0n) is 21.9. The van der Waals surface area contributed by atoms with E-state index in [4.69, 9.17) is 23.2 Å². The Hall–Kier alpha value is -3.53. The number of carbonyl (C=O) groups is 3. The Labute approximate surface area is 240 Å². The number of carboxylic acid groups (broad SMARTS) is 1. The van der Waals surface area contributed by atoms with Gasteiger partial charge in [0.05, 0.1) is 16.6 Å². The van der Waals surface area contributed by atoms with Crippen LogP contribution in [0.15, 0.2) is 54.7 Å². The lowest BCUT2D eigenvalue weighted by atomic mass is 9.62. The van der Waals surface area contributed by atoms with Crippen molar-refractivity contribution in [3.8, 4) is 0 Å². The molecule has 11 heteroatoms. The van der Waals surface area contributed by atoms with E-state index in [0.29, 0.717) is 23.4 Å². The summed E-state index contributed by atoms with van der Waals surface area (Å²) in [6, 6.07) is 10.1. The maximum absolute atomic E-state index is 15.8. The molecule has 2 amide bonds. The van der Waals surface area contributed by atoms with Gasteiger partial charge in [-0.15, -0.1) is 0 Å². The molecule has 0 radical (unpaired) electrons. The molecule has 4 N–H and O–H groups in total. The summed E-state index contributed by atoms with van der Waals surface area (Å²) in [7, 11) is 0. The van der Waals surface area contributed by atoms with E-state index >= 15 is 4.39 Å². The Morgan fingerprint density at radius 3 is 2.50 bits per heavy atom. The van der Waals surface area contributed by atoms with Gasteiger partial charge in [0.1, 0.15) is 16.4 Å². The molecule has 1 fully saturated rings. The predicted molar refractivity (Wildman–Crippen MR) is 151 cm³/mol. The molecule has 0 aliphatic carbocycles. The third-order valence-corrected chi connectivity index (χ3v) is 8.01. The van der Waals surface area contributed by atoms with Crippen LogP contribution >= 0.6 is 23.2 Å². The second-order valence-corrected chi connectivity index (χ2v) is 12.1. The summed E-state index contributed by atoms with van der Waals surface area (Å²) in [5.41, 5.74) is -0.247. The number of anilines is 2. The van der Waals surface area contributed by atoms with E-state index in [2.05, 4.69) is 20.9 Å². The van der Waals surface area contributed by atoms with Crippen molar-refractivity contribution in [2.45, 2.75) is 50.6 Å². The van der Waals surface area contributed by atoms with Crippen LogP contribution in [0.2, 0.25) is 10.2 Å². The number of nitrogens with one attached hydrogen (secondary N) is 3. The minimum Gasteiger partial charge on any atom is -0.478 e. The smallest absolute Gasteiger partial charge is 0.335 e. The van der Waals surface area contributed by atoms with Gasteiger partial charge in [0.25, 0.3) is 0 Å². The highest BCUT2D eigenvalue weighted by molar-refractivity contribution is 6.31. The maximum atomic E-state index is 15.8. The second kappa shape index (κ2) is 10.1. The average molecular weight is 585 g/mol. The van der Waals surface area contributed by atoms with Crippen LogP contribution in [0.5, 0.6) is 0 Å². The first-order chi connectivity index (χ1) is 18.8. The lowest BCUT2D eigenvalue weighted by molar-refractivity contribution is -0.122. The van der Waals surface area contributed by atoms with Crippen LogP contribution in [0.1, 0.15) is 54.6 Å². The number of rotatable bonds is 5. The van der Waals surface area contributed by atoms with E-state index in [9.17, 15) is 19.5 Å². The summed E-state index contributed by atoms with van der Waals surface area (Å²) in [6.45, 7) is 6.05. The van der Waals surface area contributed by atoms with E-state index < -0.39 is 47.0 Å². The topological polar surface area (TPSA) is 120 Å².